The number of aromatic nitrogens is 1. The molecular weight excluding hydrogens is 307 g/mol. The topological polar surface area (TPSA) is 24.9 Å². The zero-order valence-electron chi connectivity index (χ0n) is 8.75. The summed E-state index contributed by atoms with van der Waals surface area (Å²) in [5.41, 5.74) is 1.40. The number of nitrogens with one attached hydrogen (secondary N) is 1. The molecular formula is C12H9BrClFN2. The van der Waals surface area contributed by atoms with Gasteiger partial charge in [0.25, 0.3) is 0 Å². The molecule has 0 aliphatic carbocycles. The van der Waals surface area contributed by atoms with Crippen molar-refractivity contribution in [2.75, 3.05) is 5.32 Å². The molecule has 0 saturated heterocycles. The van der Waals surface area contributed by atoms with E-state index in [1.54, 1.807) is 30.5 Å². The van der Waals surface area contributed by atoms with E-state index in [4.69, 9.17) is 11.6 Å². The Balaban J connectivity index is 2.04. The summed E-state index contributed by atoms with van der Waals surface area (Å²) in [4.78, 5) is 3.93. The van der Waals surface area contributed by atoms with Gasteiger partial charge >= 0.3 is 0 Å². The maximum atomic E-state index is 13.5. The van der Waals surface area contributed by atoms with E-state index in [9.17, 15) is 4.39 Å². The van der Waals surface area contributed by atoms with Gasteiger partial charge in [0.1, 0.15) is 11.0 Å². The van der Waals surface area contributed by atoms with Crippen molar-refractivity contribution in [1.82, 2.24) is 4.98 Å². The van der Waals surface area contributed by atoms with Crippen LogP contribution in [-0.2, 0) is 6.54 Å². The monoisotopic (exact) mass is 314 g/mol. The van der Waals surface area contributed by atoms with Gasteiger partial charge in [0.05, 0.1) is 11.9 Å². The maximum absolute atomic E-state index is 13.5. The summed E-state index contributed by atoms with van der Waals surface area (Å²) in [6, 6.07) is 8.46. The fourth-order valence-electron chi connectivity index (χ4n) is 1.34. The first-order valence-corrected chi connectivity index (χ1v) is 6.11. The third-order valence-corrected chi connectivity index (χ3v) is 2.94. The molecule has 0 unspecified atom stereocenters. The summed E-state index contributed by atoms with van der Waals surface area (Å²) >= 11 is 8.88. The number of rotatable bonds is 3. The average molecular weight is 316 g/mol. The van der Waals surface area contributed by atoms with Gasteiger partial charge < -0.3 is 5.32 Å². The summed E-state index contributed by atoms with van der Waals surface area (Å²) in [7, 11) is 0. The minimum Gasteiger partial charge on any atom is -0.380 e. The molecule has 0 atom stereocenters. The lowest BCUT2D eigenvalue weighted by atomic mass is 10.2. The highest BCUT2D eigenvalue weighted by molar-refractivity contribution is 9.10. The second-order valence-electron chi connectivity index (χ2n) is 3.46. The number of hydrogen-bond donors (Lipinski definition) is 1. The summed E-state index contributed by atoms with van der Waals surface area (Å²) in [6.07, 6.45) is 1.61. The number of hydrogen-bond acceptors (Lipinski definition) is 2. The molecule has 0 spiro atoms. The molecule has 0 radical (unpaired) electrons. The Morgan fingerprint density at radius 3 is 2.76 bits per heavy atom. The van der Waals surface area contributed by atoms with Crippen molar-refractivity contribution in [3.63, 3.8) is 0 Å². The van der Waals surface area contributed by atoms with Gasteiger partial charge in [0.15, 0.2) is 0 Å². The lowest BCUT2D eigenvalue weighted by Gasteiger charge is -2.07. The molecule has 2 rings (SSSR count). The van der Waals surface area contributed by atoms with E-state index >= 15 is 0 Å². The molecule has 1 N–H and O–H groups in total. The van der Waals surface area contributed by atoms with Crippen LogP contribution in [0.2, 0.25) is 5.15 Å². The van der Waals surface area contributed by atoms with Crippen LogP contribution in [0.1, 0.15) is 5.56 Å². The summed E-state index contributed by atoms with van der Waals surface area (Å²) in [5, 5.41) is 3.51. The molecule has 1 heterocycles. The summed E-state index contributed by atoms with van der Waals surface area (Å²) < 4.78 is 14.2. The fourth-order valence-corrected chi connectivity index (χ4v) is 1.79. The highest BCUT2D eigenvalue weighted by atomic mass is 79.9. The Kier molecular flexibility index (Phi) is 3.97. The number of nitrogens with zero attached hydrogens (tertiary/aromatic N) is 1. The summed E-state index contributed by atoms with van der Waals surface area (Å²) in [5.74, 6) is -0.242. The van der Waals surface area contributed by atoms with Crippen molar-refractivity contribution in [1.29, 1.82) is 0 Å². The lowest BCUT2D eigenvalue weighted by Crippen LogP contribution is -2.01. The third kappa shape index (κ3) is 3.41. The van der Waals surface area contributed by atoms with Crippen LogP contribution in [0.25, 0.3) is 0 Å². The van der Waals surface area contributed by atoms with Crippen LogP contribution in [0.5, 0.6) is 0 Å². The Morgan fingerprint density at radius 2 is 2.12 bits per heavy atom. The van der Waals surface area contributed by atoms with Crippen LogP contribution in [-0.4, -0.2) is 4.98 Å². The van der Waals surface area contributed by atoms with Gasteiger partial charge in [-0.05, 0) is 24.3 Å². The van der Waals surface area contributed by atoms with E-state index in [0.29, 0.717) is 17.3 Å². The summed E-state index contributed by atoms with van der Waals surface area (Å²) in [6.45, 7) is 0.405. The fraction of sp³-hybridized carbons (Fsp3) is 0.0833. The van der Waals surface area contributed by atoms with E-state index in [-0.39, 0.29) is 5.82 Å². The van der Waals surface area contributed by atoms with Gasteiger partial charge in [0, 0.05) is 16.6 Å². The van der Waals surface area contributed by atoms with E-state index in [2.05, 4.69) is 26.2 Å². The number of pyridine rings is 1. The van der Waals surface area contributed by atoms with Crippen LogP contribution >= 0.6 is 27.5 Å². The normalized spacial score (nSPS) is 10.3. The maximum Gasteiger partial charge on any atom is 0.129 e. The molecule has 0 aliphatic heterocycles. The molecule has 0 amide bonds. The van der Waals surface area contributed by atoms with Gasteiger partial charge in [-0.2, -0.15) is 0 Å². The van der Waals surface area contributed by atoms with E-state index in [1.807, 2.05) is 0 Å². The predicted molar refractivity (Wildman–Crippen MR) is 70.7 cm³/mol. The first kappa shape index (κ1) is 12.3. The SMILES string of the molecule is Fc1cc(Br)ccc1CNc1ccc(Cl)nc1. The van der Waals surface area contributed by atoms with Crippen LogP contribution in [0.4, 0.5) is 10.1 Å². The molecule has 0 aliphatic rings. The van der Waals surface area contributed by atoms with E-state index in [0.717, 1.165) is 10.2 Å². The van der Waals surface area contributed by atoms with Crippen molar-refractivity contribution in [3.8, 4) is 0 Å². The minimum atomic E-state index is -0.242. The Hall–Kier alpha value is -1.13. The quantitative estimate of drug-likeness (QED) is 0.857. The molecule has 88 valence electrons. The second kappa shape index (κ2) is 5.47. The Bertz CT molecular complexity index is 516. The molecule has 5 heteroatoms. The molecule has 2 nitrogen and oxygen atoms in total. The van der Waals surface area contributed by atoms with E-state index in [1.165, 1.54) is 6.07 Å². The van der Waals surface area contributed by atoms with E-state index < -0.39 is 0 Å². The first-order valence-electron chi connectivity index (χ1n) is 4.94. The van der Waals surface area contributed by atoms with Gasteiger partial charge in [-0.1, -0.05) is 33.6 Å². The van der Waals surface area contributed by atoms with Crippen molar-refractivity contribution < 1.29 is 4.39 Å². The van der Waals surface area contributed by atoms with Gasteiger partial charge in [-0.25, -0.2) is 9.37 Å². The lowest BCUT2D eigenvalue weighted by molar-refractivity contribution is 0.612. The molecule has 1 aromatic carbocycles. The van der Waals surface area contributed by atoms with Gasteiger partial charge in [-0.15, -0.1) is 0 Å². The molecule has 1 aromatic heterocycles. The Labute approximate surface area is 112 Å². The zero-order chi connectivity index (χ0) is 12.3. The number of anilines is 1. The largest absolute Gasteiger partial charge is 0.380 e. The third-order valence-electron chi connectivity index (χ3n) is 2.23. The molecule has 0 bridgehead atoms. The average Bonchev–Trinajstić information content (AvgIpc) is 2.30. The highest BCUT2D eigenvalue weighted by Crippen LogP contribution is 2.17. The molecule has 0 fully saturated rings. The smallest absolute Gasteiger partial charge is 0.129 e. The van der Waals surface area contributed by atoms with Crippen molar-refractivity contribution >= 4 is 33.2 Å². The van der Waals surface area contributed by atoms with Crippen LogP contribution in [0.3, 0.4) is 0 Å². The molecule has 2 aromatic rings. The molecule has 17 heavy (non-hydrogen) atoms. The number of benzene rings is 1. The van der Waals surface area contributed by atoms with Crippen molar-refractivity contribution in [3.05, 3.63) is 57.5 Å². The number of halogens is 3. The van der Waals surface area contributed by atoms with Gasteiger partial charge in [0.2, 0.25) is 0 Å². The van der Waals surface area contributed by atoms with Gasteiger partial charge in [-0.3, -0.25) is 0 Å². The van der Waals surface area contributed by atoms with Crippen LogP contribution < -0.4 is 5.32 Å². The van der Waals surface area contributed by atoms with Crippen LogP contribution in [0.15, 0.2) is 41.0 Å². The Morgan fingerprint density at radius 1 is 1.29 bits per heavy atom. The first-order chi connectivity index (χ1) is 8.15. The van der Waals surface area contributed by atoms with Crippen molar-refractivity contribution in [2.24, 2.45) is 0 Å². The highest BCUT2D eigenvalue weighted by Gasteiger charge is 2.02. The molecule has 0 saturated carbocycles. The zero-order valence-corrected chi connectivity index (χ0v) is 11.1. The standard InChI is InChI=1S/C12H9BrClFN2/c13-9-2-1-8(11(15)5-9)6-16-10-3-4-12(14)17-7-10/h1-5,7,16H,6H2. The van der Waals surface area contributed by atoms with Crippen molar-refractivity contribution in [2.45, 2.75) is 6.54 Å². The second-order valence-corrected chi connectivity index (χ2v) is 4.76. The minimum absolute atomic E-state index is 0.242. The van der Waals surface area contributed by atoms with Crippen LogP contribution in [0, 0.1) is 5.82 Å². The predicted octanol–water partition coefficient (Wildman–Crippen LogP) is 4.25.